The molecular weight excluding hydrogens is 241 g/mol. The Balaban J connectivity index is 2.35. The van der Waals surface area contributed by atoms with Crippen LogP contribution in [0.5, 0.6) is 0 Å². The first-order chi connectivity index (χ1) is 8.18. The highest BCUT2D eigenvalue weighted by Crippen LogP contribution is 2.19. The maximum Gasteiger partial charge on any atom is 0.317 e. The van der Waals surface area contributed by atoms with Crippen molar-refractivity contribution in [3.8, 4) is 0 Å². The first kappa shape index (κ1) is 11.9. The van der Waals surface area contributed by atoms with Gasteiger partial charge in [-0.2, -0.15) is 0 Å². The van der Waals surface area contributed by atoms with Gasteiger partial charge in [-0.15, -0.1) is 0 Å². The molecule has 2 rings (SSSR count). The van der Waals surface area contributed by atoms with Crippen molar-refractivity contribution in [2.45, 2.75) is 0 Å². The third kappa shape index (κ3) is 2.77. The van der Waals surface area contributed by atoms with Crippen molar-refractivity contribution < 1.29 is 18.8 Å². The Bertz CT molecular complexity index is 579. The van der Waals surface area contributed by atoms with Gasteiger partial charge in [-0.25, -0.2) is 0 Å². The van der Waals surface area contributed by atoms with Crippen LogP contribution in [0.4, 0.5) is 0 Å². The molecule has 0 aliphatic carbocycles. The number of ketones is 1. The van der Waals surface area contributed by atoms with Crippen LogP contribution in [-0.4, -0.2) is 22.3 Å². The van der Waals surface area contributed by atoms with Crippen molar-refractivity contribution in [2.24, 2.45) is 0 Å². The van der Waals surface area contributed by atoms with Gasteiger partial charge < -0.3 is 9.42 Å². The van der Waals surface area contributed by atoms with Crippen LogP contribution in [0, 0.1) is 0 Å². The van der Waals surface area contributed by atoms with Crippen LogP contribution in [-0.2, 0) is 9.09 Å². The fraction of sp³-hybridized carbons (Fsp3) is 0.0909. The Morgan fingerprint density at radius 1 is 1.35 bits per heavy atom. The number of hydrogen-bond donors (Lipinski definition) is 1. The number of Topliss-reactive ketones (excluding diaryl/α,β-unsaturated/α-hetero) is 1. The van der Waals surface area contributed by atoms with Crippen molar-refractivity contribution in [3.05, 3.63) is 42.2 Å². The normalized spacial score (nSPS) is 12.5. The number of fused-ring (bicyclic) bond motifs is 1. The van der Waals surface area contributed by atoms with Gasteiger partial charge in [-0.05, 0) is 11.5 Å². The standard InChI is InChI=1S/C11H10NO4P/c13-10(7-16-17(14)15)11-9-4-2-1-3-8(9)5-6-12-11/h1-6,17H,7H2,(H,14,15). The summed E-state index contributed by atoms with van der Waals surface area (Å²) in [6.45, 7) is -0.435. The highest BCUT2D eigenvalue weighted by molar-refractivity contribution is 7.32. The second-order valence-corrected chi connectivity index (χ2v) is 4.18. The van der Waals surface area contributed by atoms with E-state index < -0.39 is 20.6 Å². The molecule has 88 valence electrons. The minimum atomic E-state index is -3.09. The molecule has 1 atom stereocenters. The summed E-state index contributed by atoms with van der Waals surface area (Å²) in [4.78, 5) is 24.2. The first-order valence-corrected chi connectivity index (χ1v) is 6.17. The van der Waals surface area contributed by atoms with Crippen LogP contribution in [0.15, 0.2) is 36.5 Å². The third-order valence-electron chi connectivity index (χ3n) is 2.26. The Kier molecular flexibility index (Phi) is 3.64. The molecule has 1 unspecified atom stereocenters. The molecule has 0 radical (unpaired) electrons. The van der Waals surface area contributed by atoms with Crippen molar-refractivity contribution in [1.82, 2.24) is 4.98 Å². The molecule has 6 heteroatoms. The van der Waals surface area contributed by atoms with E-state index in [1.807, 2.05) is 12.1 Å². The van der Waals surface area contributed by atoms with E-state index in [2.05, 4.69) is 9.51 Å². The molecule has 5 nitrogen and oxygen atoms in total. The maximum atomic E-state index is 11.7. The maximum absolute atomic E-state index is 11.7. The Labute approximate surface area is 98.0 Å². The van der Waals surface area contributed by atoms with E-state index in [1.54, 1.807) is 18.2 Å². The molecule has 1 N–H and O–H groups in total. The molecule has 0 bridgehead atoms. The zero-order valence-electron chi connectivity index (χ0n) is 8.79. The van der Waals surface area contributed by atoms with Crippen molar-refractivity contribution in [2.75, 3.05) is 6.61 Å². The molecule has 0 aliphatic rings. The summed E-state index contributed by atoms with van der Waals surface area (Å²) in [7, 11) is -3.09. The van der Waals surface area contributed by atoms with Gasteiger partial charge in [0.25, 0.3) is 0 Å². The molecule has 1 heterocycles. The summed E-state index contributed by atoms with van der Waals surface area (Å²) in [6, 6.07) is 9.10. The lowest BCUT2D eigenvalue weighted by Crippen LogP contribution is -2.08. The molecule has 0 amide bonds. The van der Waals surface area contributed by atoms with Crippen LogP contribution in [0.2, 0.25) is 0 Å². The minimum Gasteiger partial charge on any atom is -0.326 e. The van der Waals surface area contributed by atoms with E-state index in [9.17, 15) is 9.36 Å². The van der Waals surface area contributed by atoms with Crippen LogP contribution in [0.25, 0.3) is 10.8 Å². The zero-order valence-corrected chi connectivity index (χ0v) is 9.79. The summed E-state index contributed by atoms with van der Waals surface area (Å²) in [5.41, 5.74) is 0.256. The Morgan fingerprint density at radius 2 is 2.12 bits per heavy atom. The lowest BCUT2D eigenvalue weighted by Gasteiger charge is -2.04. The fourth-order valence-corrected chi connectivity index (χ4v) is 1.79. The van der Waals surface area contributed by atoms with Crippen LogP contribution in [0.1, 0.15) is 10.5 Å². The third-order valence-corrected chi connectivity index (χ3v) is 2.66. The van der Waals surface area contributed by atoms with E-state index in [0.717, 1.165) is 5.39 Å². The van der Waals surface area contributed by atoms with Gasteiger partial charge in [0, 0.05) is 11.6 Å². The van der Waals surface area contributed by atoms with Gasteiger partial charge in [0.15, 0.2) is 0 Å². The fourth-order valence-electron chi connectivity index (χ4n) is 1.54. The number of hydrogen-bond acceptors (Lipinski definition) is 4. The Hall–Kier alpha value is -1.55. The number of aromatic nitrogens is 1. The molecule has 0 fully saturated rings. The van der Waals surface area contributed by atoms with Gasteiger partial charge in [0.05, 0.1) is 0 Å². The van der Waals surface area contributed by atoms with Crippen LogP contribution < -0.4 is 0 Å². The van der Waals surface area contributed by atoms with Gasteiger partial charge >= 0.3 is 8.25 Å². The van der Waals surface area contributed by atoms with Gasteiger partial charge in [0.1, 0.15) is 12.3 Å². The predicted molar refractivity (Wildman–Crippen MR) is 63.2 cm³/mol. The lowest BCUT2D eigenvalue weighted by atomic mass is 10.1. The second kappa shape index (κ2) is 5.19. The molecular formula is C11H10NO4P. The van der Waals surface area contributed by atoms with E-state index >= 15 is 0 Å². The number of pyridine rings is 1. The van der Waals surface area contributed by atoms with Crippen molar-refractivity contribution >= 4 is 24.8 Å². The highest BCUT2D eigenvalue weighted by Gasteiger charge is 2.12. The number of carbonyl (C=O) groups excluding carboxylic acids is 1. The molecule has 17 heavy (non-hydrogen) atoms. The van der Waals surface area contributed by atoms with Crippen molar-refractivity contribution in [3.63, 3.8) is 0 Å². The summed E-state index contributed by atoms with van der Waals surface area (Å²) in [5.74, 6) is -0.408. The number of carbonyl (C=O) groups is 1. The van der Waals surface area contributed by atoms with E-state index in [4.69, 9.17) is 4.89 Å². The number of rotatable bonds is 4. The van der Waals surface area contributed by atoms with Gasteiger partial charge in [-0.1, -0.05) is 24.3 Å². The molecule has 1 aromatic carbocycles. The van der Waals surface area contributed by atoms with Crippen molar-refractivity contribution in [1.29, 1.82) is 0 Å². The number of benzene rings is 1. The summed E-state index contributed by atoms with van der Waals surface area (Å²) in [5, 5.41) is 1.60. The molecule has 0 saturated heterocycles. The SMILES string of the molecule is O=C(CO[PH](=O)O)c1nccc2ccccc12. The first-order valence-electron chi connectivity index (χ1n) is 4.91. The van der Waals surface area contributed by atoms with E-state index in [-0.39, 0.29) is 5.69 Å². The van der Waals surface area contributed by atoms with Gasteiger partial charge in [-0.3, -0.25) is 14.3 Å². The zero-order chi connectivity index (χ0) is 12.3. The minimum absolute atomic E-state index is 0.256. The van der Waals surface area contributed by atoms with E-state index in [0.29, 0.717) is 5.39 Å². The highest BCUT2D eigenvalue weighted by atomic mass is 31.1. The van der Waals surface area contributed by atoms with Crippen LogP contribution in [0.3, 0.4) is 0 Å². The topological polar surface area (TPSA) is 76.5 Å². The summed E-state index contributed by atoms with van der Waals surface area (Å²) < 4.78 is 14.8. The van der Waals surface area contributed by atoms with E-state index in [1.165, 1.54) is 6.20 Å². The quantitative estimate of drug-likeness (QED) is 0.662. The molecule has 2 aromatic rings. The molecule has 0 spiro atoms. The molecule has 0 saturated carbocycles. The number of nitrogens with zero attached hydrogens (tertiary/aromatic N) is 1. The lowest BCUT2D eigenvalue weighted by molar-refractivity contribution is 0.0914. The molecule has 0 aliphatic heterocycles. The smallest absolute Gasteiger partial charge is 0.317 e. The summed E-state index contributed by atoms with van der Waals surface area (Å²) >= 11 is 0. The molecule has 1 aromatic heterocycles. The van der Waals surface area contributed by atoms with Gasteiger partial charge in [0.2, 0.25) is 5.78 Å². The van der Waals surface area contributed by atoms with Crippen LogP contribution >= 0.6 is 8.25 Å². The average Bonchev–Trinajstić information content (AvgIpc) is 2.35. The Morgan fingerprint density at radius 3 is 2.88 bits per heavy atom. The second-order valence-electron chi connectivity index (χ2n) is 3.36. The predicted octanol–water partition coefficient (Wildman–Crippen LogP) is 1.82. The summed E-state index contributed by atoms with van der Waals surface area (Å²) in [6.07, 6.45) is 1.53. The monoisotopic (exact) mass is 251 g/mol. The largest absolute Gasteiger partial charge is 0.326 e. The average molecular weight is 251 g/mol.